The van der Waals surface area contributed by atoms with Crippen LogP contribution in [-0.4, -0.2) is 67.6 Å². The standard InChI is InChI=1S/C17H20N4O4S2/c1-13(22)20-7-9-21(10-8-20)27(24,25)15-5-3-4-14(12-15)16(23)19(2)17-18-6-11-26-17/h3-6,11-12H,7-10H2,1-2H3. The molecule has 144 valence electrons. The Morgan fingerprint density at radius 3 is 2.48 bits per heavy atom. The highest BCUT2D eigenvalue weighted by atomic mass is 32.2. The lowest BCUT2D eigenvalue weighted by molar-refractivity contribution is -0.129. The summed E-state index contributed by atoms with van der Waals surface area (Å²) in [5.74, 6) is -0.395. The van der Waals surface area contributed by atoms with Crippen molar-refractivity contribution in [3.63, 3.8) is 0 Å². The molecule has 2 aromatic rings. The molecule has 0 aliphatic carbocycles. The number of sulfonamides is 1. The zero-order chi connectivity index (χ0) is 19.6. The van der Waals surface area contributed by atoms with Crippen LogP contribution in [0.5, 0.6) is 0 Å². The number of anilines is 1. The van der Waals surface area contributed by atoms with E-state index < -0.39 is 10.0 Å². The molecule has 1 aromatic heterocycles. The number of aromatic nitrogens is 1. The van der Waals surface area contributed by atoms with Crippen LogP contribution < -0.4 is 4.90 Å². The molecule has 0 radical (unpaired) electrons. The van der Waals surface area contributed by atoms with Crippen molar-refractivity contribution in [2.75, 3.05) is 38.1 Å². The van der Waals surface area contributed by atoms with Gasteiger partial charge >= 0.3 is 0 Å². The van der Waals surface area contributed by atoms with Gasteiger partial charge < -0.3 is 4.90 Å². The van der Waals surface area contributed by atoms with E-state index in [2.05, 4.69) is 4.98 Å². The SMILES string of the molecule is CC(=O)N1CCN(S(=O)(=O)c2cccc(C(=O)N(C)c3nccs3)c2)CC1. The summed E-state index contributed by atoms with van der Waals surface area (Å²) in [5, 5.41) is 2.30. The second kappa shape index (κ2) is 7.75. The number of rotatable bonds is 4. The molecule has 1 fully saturated rings. The van der Waals surface area contributed by atoms with Gasteiger partial charge in [0.25, 0.3) is 5.91 Å². The average molecular weight is 409 g/mol. The molecule has 3 rings (SSSR count). The molecule has 1 saturated heterocycles. The first-order chi connectivity index (χ1) is 12.8. The van der Waals surface area contributed by atoms with Gasteiger partial charge in [-0.05, 0) is 18.2 Å². The first-order valence-electron chi connectivity index (χ1n) is 8.34. The Bertz CT molecular complexity index is 936. The maximum absolute atomic E-state index is 12.9. The quantitative estimate of drug-likeness (QED) is 0.760. The zero-order valence-electron chi connectivity index (χ0n) is 15.0. The Balaban J connectivity index is 1.80. The van der Waals surface area contributed by atoms with Crippen molar-refractivity contribution in [2.45, 2.75) is 11.8 Å². The molecule has 8 nitrogen and oxygen atoms in total. The van der Waals surface area contributed by atoms with Gasteiger partial charge in [-0.3, -0.25) is 14.5 Å². The maximum atomic E-state index is 12.9. The third-order valence-electron chi connectivity index (χ3n) is 4.41. The fourth-order valence-electron chi connectivity index (χ4n) is 2.84. The Hall–Kier alpha value is -2.30. The van der Waals surface area contributed by atoms with Gasteiger partial charge in [0.05, 0.1) is 4.90 Å². The molecule has 0 saturated carbocycles. The number of carbonyl (C=O) groups is 2. The highest BCUT2D eigenvalue weighted by molar-refractivity contribution is 7.89. The molecule has 1 aromatic carbocycles. The van der Waals surface area contributed by atoms with Crippen LogP contribution in [0, 0.1) is 0 Å². The van der Waals surface area contributed by atoms with E-state index in [1.165, 1.54) is 39.6 Å². The van der Waals surface area contributed by atoms with Gasteiger partial charge in [0.2, 0.25) is 15.9 Å². The van der Waals surface area contributed by atoms with Crippen LogP contribution in [0.1, 0.15) is 17.3 Å². The summed E-state index contributed by atoms with van der Waals surface area (Å²) < 4.78 is 27.2. The summed E-state index contributed by atoms with van der Waals surface area (Å²) >= 11 is 1.32. The minimum Gasteiger partial charge on any atom is -0.340 e. The van der Waals surface area contributed by atoms with E-state index in [-0.39, 0.29) is 35.4 Å². The van der Waals surface area contributed by atoms with Crippen LogP contribution in [0.4, 0.5) is 5.13 Å². The normalized spacial score (nSPS) is 15.6. The van der Waals surface area contributed by atoms with Crippen molar-refractivity contribution in [1.82, 2.24) is 14.2 Å². The third kappa shape index (κ3) is 4.02. The zero-order valence-corrected chi connectivity index (χ0v) is 16.7. The molecule has 2 amide bonds. The van der Waals surface area contributed by atoms with Crippen molar-refractivity contribution >= 4 is 38.3 Å². The summed E-state index contributed by atoms with van der Waals surface area (Å²) in [5.41, 5.74) is 0.274. The summed E-state index contributed by atoms with van der Waals surface area (Å²) in [6.45, 7) is 2.66. The van der Waals surface area contributed by atoms with Gasteiger partial charge in [0.15, 0.2) is 5.13 Å². The molecule has 27 heavy (non-hydrogen) atoms. The van der Waals surface area contributed by atoms with Crippen LogP contribution >= 0.6 is 11.3 Å². The lowest BCUT2D eigenvalue weighted by atomic mass is 10.2. The van der Waals surface area contributed by atoms with Crippen molar-refractivity contribution in [3.05, 3.63) is 41.4 Å². The van der Waals surface area contributed by atoms with E-state index in [0.717, 1.165) is 0 Å². The lowest BCUT2D eigenvalue weighted by Crippen LogP contribution is -2.49. The molecule has 0 N–H and O–H groups in total. The number of carbonyl (C=O) groups excluding carboxylic acids is 2. The number of benzene rings is 1. The molecular formula is C17H20N4O4S2. The maximum Gasteiger partial charge on any atom is 0.259 e. The molecule has 0 bridgehead atoms. The largest absolute Gasteiger partial charge is 0.340 e. The Kier molecular flexibility index (Phi) is 5.59. The van der Waals surface area contributed by atoms with E-state index >= 15 is 0 Å². The van der Waals surface area contributed by atoms with Gasteiger partial charge in [0.1, 0.15) is 0 Å². The molecule has 1 aliphatic rings. The van der Waals surface area contributed by atoms with Crippen molar-refractivity contribution in [3.8, 4) is 0 Å². The average Bonchev–Trinajstić information content (AvgIpc) is 3.21. The predicted molar refractivity (Wildman–Crippen MR) is 102 cm³/mol. The molecule has 0 spiro atoms. The lowest BCUT2D eigenvalue weighted by Gasteiger charge is -2.33. The van der Waals surface area contributed by atoms with Crippen molar-refractivity contribution in [1.29, 1.82) is 0 Å². The van der Waals surface area contributed by atoms with Gasteiger partial charge in [-0.1, -0.05) is 6.07 Å². The Morgan fingerprint density at radius 1 is 1.19 bits per heavy atom. The summed E-state index contributed by atoms with van der Waals surface area (Å²) in [6, 6.07) is 6.01. The van der Waals surface area contributed by atoms with E-state index in [4.69, 9.17) is 0 Å². The molecule has 1 aliphatic heterocycles. The van der Waals surface area contributed by atoms with Crippen LogP contribution in [-0.2, 0) is 14.8 Å². The number of hydrogen-bond donors (Lipinski definition) is 0. The van der Waals surface area contributed by atoms with E-state index in [0.29, 0.717) is 18.2 Å². The fourth-order valence-corrected chi connectivity index (χ4v) is 4.92. The highest BCUT2D eigenvalue weighted by Gasteiger charge is 2.30. The second-order valence-electron chi connectivity index (χ2n) is 6.12. The van der Waals surface area contributed by atoms with Gasteiger partial charge in [-0.2, -0.15) is 4.31 Å². The smallest absolute Gasteiger partial charge is 0.259 e. The first-order valence-corrected chi connectivity index (χ1v) is 10.7. The Labute approximate surface area is 162 Å². The second-order valence-corrected chi connectivity index (χ2v) is 8.93. The van der Waals surface area contributed by atoms with Crippen molar-refractivity contribution < 1.29 is 18.0 Å². The number of nitrogens with zero attached hydrogens (tertiary/aromatic N) is 4. The fraction of sp³-hybridized carbons (Fsp3) is 0.353. The molecular weight excluding hydrogens is 388 g/mol. The summed E-state index contributed by atoms with van der Waals surface area (Å²) in [4.78, 5) is 31.2. The molecule has 0 unspecified atom stereocenters. The summed E-state index contributed by atoms with van der Waals surface area (Å²) in [6.07, 6.45) is 1.60. The van der Waals surface area contributed by atoms with Crippen molar-refractivity contribution in [2.24, 2.45) is 0 Å². The topological polar surface area (TPSA) is 90.9 Å². The van der Waals surface area contributed by atoms with Crippen LogP contribution in [0.25, 0.3) is 0 Å². The van der Waals surface area contributed by atoms with Crippen LogP contribution in [0.2, 0.25) is 0 Å². The minimum atomic E-state index is -3.74. The first kappa shape index (κ1) is 19.5. The predicted octanol–water partition coefficient (Wildman–Crippen LogP) is 1.27. The molecule has 0 atom stereocenters. The highest BCUT2D eigenvalue weighted by Crippen LogP contribution is 2.22. The monoisotopic (exact) mass is 408 g/mol. The van der Waals surface area contributed by atoms with Crippen LogP contribution in [0.15, 0.2) is 40.7 Å². The van der Waals surface area contributed by atoms with Crippen LogP contribution in [0.3, 0.4) is 0 Å². The van der Waals surface area contributed by atoms with E-state index in [1.807, 2.05) is 0 Å². The number of piperazine rings is 1. The number of amides is 2. The minimum absolute atomic E-state index is 0.0649. The van der Waals surface area contributed by atoms with Gasteiger partial charge in [0, 0.05) is 57.3 Å². The molecule has 2 heterocycles. The Morgan fingerprint density at radius 2 is 1.89 bits per heavy atom. The number of thiazole rings is 1. The van der Waals surface area contributed by atoms with E-state index in [1.54, 1.807) is 35.7 Å². The van der Waals surface area contributed by atoms with Gasteiger partial charge in [-0.15, -0.1) is 11.3 Å². The number of hydrogen-bond acceptors (Lipinski definition) is 6. The summed E-state index contributed by atoms with van der Waals surface area (Å²) in [7, 11) is -2.13. The van der Waals surface area contributed by atoms with E-state index in [9.17, 15) is 18.0 Å². The third-order valence-corrected chi connectivity index (χ3v) is 7.16. The van der Waals surface area contributed by atoms with Gasteiger partial charge in [-0.25, -0.2) is 13.4 Å². The molecule has 10 heteroatoms.